The molecule has 37 heavy (non-hydrogen) atoms. The minimum Gasteiger partial charge on any atom is -0.472 e. The molecule has 0 aliphatic rings. The van der Waals surface area contributed by atoms with Crippen LogP contribution >= 0.6 is 0 Å². The summed E-state index contributed by atoms with van der Waals surface area (Å²) < 4.78 is 6.16. The van der Waals surface area contributed by atoms with E-state index in [1.165, 1.54) is 5.56 Å². The van der Waals surface area contributed by atoms with E-state index in [2.05, 4.69) is 58.1 Å². The van der Waals surface area contributed by atoms with E-state index in [1.807, 2.05) is 74.0 Å². The summed E-state index contributed by atoms with van der Waals surface area (Å²) in [5.74, 6) is 1.91. The topological polar surface area (TPSA) is 72.0 Å². The lowest BCUT2D eigenvalue weighted by Gasteiger charge is -2.15. The predicted octanol–water partition coefficient (Wildman–Crippen LogP) is 6.48. The molecule has 0 radical (unpaired) electrons. The van der Waals surface area contributed by atoms with E-state index in [0.29, 0.717) is 18.4 Å². The molecule has 2 heterocycles. The van der Waals surface area contributed by atoms with Crippen LogP contribution in [0.2, 0.25) is 0 Å². The molecule has 6 nitrogen and oxygen atoms in total. The maximum atomic E-state index is 6.16. The zero-order valence-corrected chi connectivity index (χ0v) is 20.8. The Hall–Kier alpha value is -4.71. The molecule has 0 aliphatic carbocycles. The van der Waals surface area contributed by atoms with Crippen molar-refractivity contribution in [2.75, 3.05) is 24.2 Å². The zero-order chi connectivity index (χ0) is 25.3. The molecule has 0 bridgehead atoms. The number of aromatic nitrogens is 3. The molecule has 0 saturated carbocycles. The van der Waals surface area contributed by atoms with Crippen LogP contribution in [0.15, 0.2) is 109 Å². The minimum absolute atomic E-state index is 0.446. The first-order chi connectivity index (χ1) is 18.3. The second-order valence-corrected chi connectivity index (χ2v) is 8.59. The van der Waals surface area contributed by atoms with Crippen molar-refractivity contribution >= 4 is 11.8 Å². The van der Waals surface area contributed by atoms with Gasteiger partial charge in [-0.15, -0.1) is 0 Å². The fourth-order valence-corrected chi connectivity index (χ4v) is 4.10. The van der Waals surface area contributed by atoms with Crippen LogP contribution in [0, 0.1) is 0 Å². The summed E-state index contributed by atoms with van der Waals surface area (Å²) in [5, 5.41) is 6.54. The molecule has 0 fully saturated rings. The third-order valence-corrected chi connectivity index (χ3v) is 6.03. The van der Waals surface area contributed by atoms with Gasteiger partial charge in [0.05, 0.1) is 0 Å². The van der Waals surface area contributed by atoms with Gasteiger partial charge in [-0.2, -0.15) is 4.98 Å². The summed E-state index contributed by atoms with van der Waals surface area (Å²) in [5.41, 5.74) is 6.09. The molecular formula is C31H29N5O. The minimum atomic E-state index is 0.446. The van der Waals surface area contributed by atoms with Gasteiger partial charge in [-0.25, -0.2) is 9.97 Å². The molecule has 0 spiro atoms. The van der Waals surface area contributed by atoms with Crippen molar-refractivity contribution < 1.29 is 4.74 Å². The lowest BCUT2D eigenvalue weighted by atomic mass is 10.0. The Morgan fingerprint density at radius 2 is 1.38 bits per heavy atom. The quantitative estimate of drug-likeness (QED) is 0.235. The Labute approximate surface area is 217 Å². The van der Waals surface area contributed by atoms with Gasteiger partial charge in [0.2, 0.25) is 11.8 Å². The molecule has 184 valence electrons. The highest BCUT2D eigenvalue weighted by Crippen LogP contribution is 2.35. The van der Waals surface area contributed by atoms with Gasteiger partial charge in [-0.05, 0) is 29.2 Å². The van der Waals surface area contributed by atoms with Gasteiger partial charge in [0.15, 0.2) is 0 Å². The van der Waals surface area contributed by atoms with Crippen LogP contribution in [0.3, 0.4) is 0 Å². The molecular weight excluding hydrogens is 458 g/mol. The molecule has 5 aromatic rings. The normalized spacial score (nSPS) is 10.6. The van der Waals surface area contributed by atoms with Crippen molar-refractivity contribution in [3.63, 3.8) is 0 Å². The summed E-state index contributed by atoms with van der Waals surface area (Å²) in [7, 11) is 1.86. The number of pyridine rings is 1. The summed E-state index contributed by atoms with van der Waals surface area (Å²) in [6, 6.07) is 32.7. The average molecular weight is 488 g/mol. The van der Waals surface area contributed by atoms with Crippen LogP contribution in [-0.2, 0) is 13.0 Å². The van der Waals surface area contributed by atoms with Crippen molar-refractivity contribution in [3.8, 4) is 28.1 Å². The van der Waals surface area contributed by atoms with E-state index in [9.17, 15) is 0 Å². The summed E-state index contributed by atoms with van der Waals surface area (Å²) in [6.07, 6.45) is 4.55. The van der Waals surface area contributed by atoms with Gasteiger partial charge < -0.3 is 15.4 Å². The van der Waals surface area contributed by atoms with Crippen molar-refractivity contribution in [1.29, 1.82) is 0 Å². The number of ether oxygens (including phenoxy) is 1. The van der Waals surface area contributed by atoms with E-state index in [0.717, 1.165) is 46.6 Å². The first kappa shape index (κ1) is 24.0. The number of anilines is 2. The molecule has 6 heteroatoms. The Balaban J connectivity index is 1.39. The Bertz CT molecular complexity index is 1430. The fraction of sp³-hybridized carbons (Fsp3) is 0.129. The van der Waals surface area contributed by atoms with E-state index in [-0.39, 0.29) is 0 Å². The van der Waals surface area contributed by atoms with Crippen molar-refractivity contribution in [1.82, 2.24) is 15.0 Å². The average Bonchev–Trinajstić information content (AvgIpc) is 2.97. The fourth-order valence-electron chi connectivity index (χ4n) is 4.10. The Kier molecular flexibility index (Phi) is 7.67. The predicted molar refractivity (Wildman–Crippen MR) is 150 cm³/mol. The largest absolute Gasteiger partial charge is 0.472 e. The molecule has 0 unspecified atom stereocenters. The van der Waals surface area contributed by atoms with E-state index in [1.54, 1.807) is 0 Å². The van der Waals surface area contributed by atoms with Crippen LogP contribution in [0.25, 0.3) is 22.3 Å². The number of nitrogens with one attached hydrogen (secondary N) is 2. The summed E-state index contributed by atoms with van der Waals surface area (Å²) >= 11 is 0. The molecule has 5 rings (SSSR count). The number of benzene rings is 3. The SMILES string of the molecule is CNc1nc(NCCc2ccccc2)ncc1-c1cnc(OCc2ccccc2)c(-c2ccccc2)c1. The highest BCUT2D eigenvalue weighted by atomic mass is 16.5. The second kappa shape index (κ2) is 11.8. The van der Waals surface area contributed by atoms with E-state index in [4.69, 9.17) is 14.7 Å². The smallest absolute Gasteiger partial charge is 0.224 e. The van der Waals surface area contributed by atoms with Crippen molar-refractivity contribution in [2.24, 2.45) is 0 Å². The van der Waals surface area contributed by atoms with E-state index < -0.39 is 0 Å². The van der Waals surface area contributed by atoms with Gasteiger partial charge in [-0.1, -0.05) is 91.0 Å². The number of nitrogens with zero attached hydrogens (tertiary/aromatic N) is 3. The number of rotatable bonds is 10. The third-order valence-electron chi connectivity index (χ3n) is 6.03. The first-order valence-electron chi connectivity index (χ1n) is 12.4. The number of hydrogen-bond acceptors (Lipinski definition) is 6. The van der Waals surface area contributed by atoms with Crippen molar-refractivity contribution in [2.45, 2.75) is 13.0 Å². The Morgan fingerprint density at radius 1 is 0.703 bits per heavy atom. The Morgan fingerprint density at radius 3 is 2.08 bits per heavy atom. The molecule has 0 aliphatic heterocycles. The number of hydrogen-bond donors (Lipinski definition) is 2. The summed E-state index contributed by atoms with van der Waals surface area (Å²) in [6.45, 7) is 1.20. The lowest BCUT2D eigenvalue weighted by molar-refractivity contribution is 0.295. The summed E-state index contributed by atoms with van der Waals surface area (Å²) in [4.78, 5) is 14.0. The van der Waals surface area contributed by atoms with E-state index >= 15 is 0 Å². The van der Waals surface area contributed by atoms with Crippen LogP contribution in [0.1, 0.15) is 11.1 Å². The highest BCUT2D eigenvalue weighted by molar-refractivity contribution is 5.80. The molecule has 3 aromatic carbocycles. The standard InChI is InChI=1S/C31H29N5O/c1-32-29-28(21-35-31(36-29)33-18-17-23-11-5-2-6-12-23)26-19-27(25-15-9-4-10-16-25)30(34-20-26)37-22-24-13-7-3-8-14-24/h2-16,19-21H,17-18,22H2,1H3,(H2,32,33,35,36). The van der Waals surface area contributed by atoms with Gasteiger partial charge in [0, 0.05) is 42.7 Å². The molecule has 2 N–H and O–H groups in total. The molecule has 0 saturated heterocycles. The molecule has 0 amide bonds. The van der Waals surface area contributed by atoms with Crippen molar-refractivity contribution in [3.05, 3.63) is 121 Å². The lowest BCUT2D eigenvalue weighted by Crippen LogP contribution is -2.09. The first-order valence-corrected chi connectivity index (χ1v) is 12.4. The maximum absolute atomic E-state index is 6.16. The van der Waals surface area contributed by atoms with Crippen LogP contribution in [0.4, 0.5) is 11.8 Å². The van der Waals surface area contributed by atoms with Gasteiger partial charge in [0.1, 0.15) is 12.4 Å². The third kappa shape index (κ3) is 6.11. The maximum Gasteiger partial charge on any atom is 0.224 e. The van der Waals surface area contributed by atoms with Crippen LogP contribution < -0.4 is 15.4 Å². The van der Waals surface area contributed by atoms with Crippen LogP contribution in [-0.4, -0.2) is 28.5 Å². The van der Waals surface area contributed by atoms with Gasteiger partial charge in [0.25, 0.3) is 0 Å². The monoisotopic (exact) mass is 487 g/mol. The second-order valence-electron chi connectivity index (χ2n) is 8.59. The molecule has 0 atom stereocenters. The van der Waals surface area contributed by atoms with Gasteiger partial charge >= 0.3 is 0 Å². The molecule has 2 aromatic heterocycles. The van der Waals surface area contributed by atoms with Crippen LogP contribution in [0.5, 0.6) is 5.88 Å². The highest BCUT2D eigenvalue weighted by Gasteiger charge is 2.14. The van der Waals surface area contributed by atoms with Gasteiger partial charge in [-0.3, -0.25) is 0 Å². The zero-order valence-electron chi connectivity index (χ0n) is 20.8.